The number of rotatable bonds is 1. The highest BCUT2D eigenvalue weighted by Gasteiger charge is 2.42. The third kappa shape index (κ3) is 3.59. The average molecular weight is 806 g/mol. The Bertz CT molecular complexity index is 4460. The van der Waals surface area contributed by atoms with Gasteiger partial charge >= 0.3 is 0 Å². The van der Waals surface area contributed by atoms with E-state index < -0.39 is 0 Å². The van der Waals surface area contributed by atoms with E-state index in [0.29, 0.717) is 0 Å². The molecule has 64 heavy (non-hydrogen) atoms. The van der Waals surface area contributed by atoms with Gasteiger partial charge in [-0.05, 0) is 107 Å². The highest BCUT2D eigenvalue weighted by molar-refractivity contribution is 7.00. The van der Waals surface area contributed by atoms with Crippen LogP contribution in [-0.2, 0) is 0 Å². The first-order chi connectivity index (χ1) is 31.8. The lowest BCUT2D eigenvalue weighted by molar-refractivity contribution is 1.10. The Morgan fingerprint density at radius 1 is 0.297 bits per heavy atom. The Morgan fingerprint density at radius 2 is 0.828 bits per heavy atom. The Labute approximate surface area is 366 Å². The van der Waals surface area contributed by atoms with Gasteiger partial charge in [-0.15, -0.1) is 0 Å². The van der Waals surface area contributed by atoms with Crippen LogP contribution in [0.2, 0.25) is 0 Å². The number of benzene rings is 11. The number of para-hydroxylation sites is 2. The van der Waals surface area contributed by atoms with Crippen LogP contribution in [0.1, 0.15) is 0 Å². The zero-order valence-electron chi connectivity index (χ0n) is 34.4. The van der Waals surface area contributed by atoms with Gasteiger partial charge < -0.3 is 13.7 Å². The molecule has 0 spiro atoms. The molecule has 14 aromatic rings. The minimum atomic E-state index is 0.0320. The predicted molar refractivity (Wildman–Crippen MR) is 271 cm³/mol. The van der Waals surface area contributed by atoms with Crippen molar-refractivity contribution in [3.63, 3.8) is 0 Å². The normalized spacial score (nSPS) is 13.3. The van der Waals surface area contributed by atoms with E-state index in [4.69, 9.17) is 0 Å². The molecular formula is C60H32BN3. The van der Waals surface area contributed by atoms with Crippen molar-refractivity contribution in [2.75, 3.05) is 0 Å². The molecule has 2 aliphatic heterocycles. The maximum atomic E-state index is 2.67. The zero-order chi connectivity index (χ0) is 41.1. The second-order valence-corrected chi connectivity index (χ2v) is 18.3. The first-order valence-electron chi connectivity index (χ1n) is 22.5. The van der Waals surface area contributed by atoms with Gasteiger partial charge in [0.15, 0.2) is 0 Å². The van der Waals surface area contributed by atoms with Gasteiger partial charge in [0.2, 0.25) is 0 Å². The number of hydrogen-bond donors (Lipinski definition) is 0. The highest BCUT2D eigenvalue weighted by atomic mass is 15.1. The molecule has 17 rings (SSSR count). The molecule has 0 unspecified atom stereocenters. The van der Waals surface area contributed by atoms with Crippen LogP contribution in [0, 0.1) is 0 Å². The number of nitrogens with zero attached hydrogens (tertiary/aromatic N) is 3. The molecular weight excluding hydrogens is 773 g/mol. The van der Waals surface area contributed by atoms with Crippen molar-refractivity contribution in [3.8, 4) is 39.3 Å². The van der Waals surface area contributed by atoms with Crippen LogP contribution in [0.5, 0.6) is 0 Å². The molecule has 5 heterocycles. The van der Waals surface area contributed by atoms with Crippen LogP contribution < -0.4 is 16.4 Å². The van der Waals surface area contributed by atoms with Gasteiger partial charge in [-0.1, -0.05) is 158 Å². The molecule has 0 saturated heterocycles. The van der Waals surface area contributed by atoms with Crippen molar-refractivity contribution in [1.82, 2.24) is 13.7 Å². The number of hydrogen-bond acceptors (Lipinski definition) is 0. The molecule has 11 aromatic carbocycles. The minimum Gasteiger partial charge on any atom is -0.310 e. The second-order valence-electron chi connectivity index (χ2n) is 18.3. The molecule has 0 atom stereocenters. The maximum absolute atomic E-state index is 2.67. The van der Waals surface area contributed by atoms with E-state index in [1.54, 1.807) is 0 Å². The van der Waals surface area contributed by atoms with Gasteiger partial charge in [-0.25, -0.2) is 0 Å². The summed E-state index contributed by atoms with van der Waals surface area (Å²) in [6, 6.07) is 73.9. The van der Waals surface area contributed by atoms with Crippen molar-refractivity contribution in [2.45, 2.75) is 0 Å². The monoisotopic (exact) mass is 805 g/mol. The smallest absolute Gasteiger partial charge is 0.252 e. The van der Waals surface area contributed by atoms with E-state index in [1.807, 2.05) is 0 Å². The molecule has 290 valence electrons. The largest absolute Gasteiger partial charge is 0.310 e. The first kappa shape index (κ1) is 32.4. The molecule has 3 nitrogen and oxygen atoms in total. The van der Waals surface area contributed by atoms with Crippen molar-refractivity contribution >= 4 is 121 Å². The third-order valence-corrected chi connectivity index (χ3v) is 15.5. The van der Waals surface area contributed by atoms with Crippen molar-refractivity contribution in [1.29, 1.82) is 0 Å². The van der Waals surface area contributed by atoms with E-state index in [9.17, 15) is 0 Å². The summed E-state index contributed by atoms with van der Waals surface area (Å²) in [7, 11) is 0. The van der Waals surface area contributed by atoms with E-state index in [0.717, 1.165) is 5.69 Å². The van der Waals surface area contributed by atoms with Gasteiger partial charge in [0.1, 0.15) is 0 Å². The summed E-state index contributed by atoms with van der Waals surface area (Å²) < 4.78 is 7.85. The molecule has 4 heteroatoms. The molecule has 0 amide bonds. The lowest BCUT2D eigenvalue weighted by Gasteiger charge is -2.34. The lowest BCUT2D eigenvalue weighted by Crippen LogP contribution is -2.59. The van der Waals surface area contributed by atoms with E-state index >= 15 is 0 Å². The molecule has 1 aliphatic carbocycles. The summed E-state index contributed by atoms with van der Waals surface area (Å²) in [6.45, 7) is 0.0320. The summed E-state index contributed by atoms with van der Waals surface area (Å²) in [4.78, 5) is 0. The molecule has 0 bridgehead atoms. The molecule has 0 fully saturated rings. The third-order valence-electron chi connectivity index (χ3n) is 15.5. The van der Waals surface area contributed by atoms with E-state index in [1.165, 1.54) is 148 Å². The van der Waals surface area contributed by atoms with Gasteiger partial charge in [0.25, 0.3) is 6.71 Å². The second kappa shape index (κ2) is 11.0. The van der Waals surface area contributed by atoms with Gasteiger partial charge in [-0.2, -0.15) is 0 Å². The summed E-state index contributed by atoms with van der Waals surface area (Å²) in [5.41, 5.74) is 20.6. The Hall–Kier alpha value is -8.34. The lowest BCUT2D eigenvalue weighted by atomic mass is 9.34. The van der Waals surface area contributed by atoms with Crippen molar-refractivity contribution in [2.24, 2.45) is 0 Å². The summed E-state index contributed by atoms with van der Waals surface area (Å²) in [6.07, 6.45) is 0. The van der Waals surface area contributed by atoms with Crippen molar-refractivity contribution in [3.05, 3.63) is 194 Å². The minimum absolute atomic E-state index is 0.0320. The SMILES string of the molecule is c1ccc2c(c1)-c1cccc3cc4c5c(c13)c1c-2cccc1n5-c1cc(-n2c3ccc5ccccc5c3c3c5ccccc5ccc32)cc2c1B4c1cccc3c4ccccc4n-2c13. The predicted octanol–water partition coefficient (Wildman–Crippen LogP) is 13.2. The molecule has 0 N–H and O–H groups in total. The highest BCUT2D eigenvalue weighted by Crippen LogP contribution is 2.51. The molecule has 3 aliphatic rings. The van der Waals surface area contributed by atoms with Crippen LogP contribution in [-0.4, -0.2) is 20.4 Å². The Morgan fingerprint density at radius 3 is 1.56 bits per heavy atom. The summed E-state index contributed by atoms with van der Waals surface area (Å²) in [5, 5.41) is 15.6. The van der Waals surface area contributed by atoms with Gasteiger partial charge in [0, 0.05) is 49.2 Å². The maximum Gasteiger partial charge on any atom is 0.252 e. The molecule has 3 aromatic heterocycles. The topological polar surface area (TPSA) is 14.8 Å². The molecule has 0 radical (unpaired) electrons. The molecule has 0 saturated carbocycles. The standard InChI is InChI=1S/C60H32BN3/c1-3-15-37-33(12-1)26-28-49-54(37)55-38-16-4-2-13-34(38)27-29-50(55)62(49)36-31-51-58-52(32-36)64-48-25-11-21-43-40-18-6-5-17-39(40)42-20-9-14-35-30-46(60(64)57(53(35)42)56(43)48)61(58)45-23-10-22-44-41-19-7-8-24-47(41)63(51)59(44)45/h1-32H. The average Bonchev–Trinajstić information content (AvgIpc) is 3.98. The number of aromatic nitrogens is 3. The van der Waals surface area contributed by atoms with Gasteiger partial charge in [-0.3, -0.25) is 0 Å². The number of fused-ring (bicyclic) bond motifs is 18. The quantitative estimate of drug-likeness (QED) is 0.147. The fourth-order valence-corrected chi connectivity index (χ4v) is 13.2. The van der Waals surface area contributed by atoms with E-state index in [-0.39, 0.29) is 6.71 Å². The fraction of sp³-hybridized carbons (Fsp3) is 0. The van der Waals surface area contributed by atoms with Crippen LogP contribution in [0.4, 0.5) is 0 Å². The summed E-state index contributed by atoms with van der Waals surface area (Å²) >= 11 is 0. The van der Waals surface area contributed by atoms with Crippen LogP contribution in [0.15, 0.2) is 194 Å². The zero-order valence-corrected chi connectivity index (χ0v) is 34.4. The summed E-state index contributed by atoms with van der Waals surface area (Å²) in [5.74, 6) is 0. The van der Waals surface area contributed by atoms with Gasteiger partial charge in [0.05, 0.1) is 33.3 Å². The van der Waals surface area contributed by atoms with Crippen molar-refractivity contribution < 1.29 is 0 Å². The fourth-order valence-electron chi connectivity index (χ4n) is 13.2. The first-order valence-corrected chi connectivity index (χ1v) is 22.5. The van der Waals surface area contributed by atoms with Crippen LogP contribution in [0.25, 0.3) is 137 Å². The van der Waals surface area contributed by atoms with E-state index in [2.05, 4.69) is 208 Å². The Balaban J connectivity index is 1.12. The Kier molecular flexibility index (Phi) is 5.56. The van der Waals surface area contributed by atoms with Crippen LogP contribution >= 0.6 is 0 Å². The van der Waals surface area contributed by atoms with Crippen LogP contribution in [0.3, 0.4) is 0 Å².